The van der Waals surface area contributed by atoms with Crippen molar-refractivity contribution >= 4 is 21.4 Å². The third kappa shape index (κ3) is 2.17. The maximum Gasteiger partial charge on any atom is 0.269 e. The maximum absolute atomic E-state index is 12.9. The van der Waals surface area contributed by atoms with Crippen molar-refractivity contribution in [3.8, 4) is 0 Å². The van der Waals surface area contributed by atoms with E-state index in [4.69, 9.17) is 10.3 Å². The van der Waals surface area contributed by atoms with Crippen molar-refractivity contribution in [1.82, 2.24) is 5.16 Å². The smallest absolute Gasteiger partial charge is 0.269 e. The summed E-state index contributed by atoms with van der Waals surface area (Å²) in [4.78, 5) is 0.159. The van der Waals surface area contributed by atoms with E-state index in [1.165, 1.54) is 4.31 Å². The molecule has 1 aliphatic rings. The minimum absolute atomic E-state index is 0.159. The van der Waals surface area contributed by atoms with Gasteiger partial charge in [0.2, 0.25) is 0 Å². The number of nitrogens with zero attached hydrogens (tertiary/aromatic N) is 2. The topological polar surface area (TPSA) is 89.4 Å². The second-order valence-corrected chi connectivity index (χ2v) is 7.02. The number of hydrogen-bond acceptors (Lipinski definition) is 5. The number of sulfonamides is 1. The summed E-state index contributed by atoms with van der Waals surface area (Å²) in [5.41, 5.74) is 8.46. The van der Waals surface area contributed by atoms with Crippen molar-refractivity contribution in [2.45, 2.75) is 31.6 Å². The number of anilines is 2. The second kappa shape index (κ2) is 4.77. The average Bonchev–Trinajstić information content (AvgIpc) is 2.77. The quantitative estimate of drug-likeness (QED) is 0.857. The summed E-state index contributed by atoms with van der Waals surface area (Å²) in [6.07, 6.45) is 1.59. The van der Waals surface area contributed by atoms with E-state index in [2.05, 4.69) is 5.16 Å². The van der Waals surface area contributed by atoms with Crippen LogP contribution in [-0.2, 0) is 16.4 Å². The van der Waals surface area contributed by atoms with E-state index in [-0.39, 0.29) is 4.90 Å². The SMILES string of the molecule is Cc1noc(C)c1S(=O)(=O)N1CCCc2cc(N)ccc21. The number of nitrogen functional groups attached to an aromatic ring is 1. The number of fused-ring (bicyclic) bond motifs is 1. The van der Waals surface area contributed by atoms with Crippen LogP contribution in [0.15, 0.2) is 27.6 Å². The molecule has 21 heavy (non-hydrogen) atoms. The van der Waals surface area contributed by atoms with E-state index in [0.717, 1.165) is 18.4 Å². The van der Waals surface area contributed by atoms with Gasteiger partial charge in [0.25, 0.3) is 10.0 Å². The molecule has 0 unspecified atom stereocenters. The zero-order valence-corrected chi connectivity index (χ0v) is 12.8. The molecule has 0 saturated heterocycles. The van der Waals surface area contributed by atoms with Crippen LogP contribution in [0.4, 0.5) is 11.4 Å². The van der Waals surface area contributed by atoms with Gasteiger partial charge in [-0.3, -0.25) is 4.31 Å². The first kappa shape index (κ1) is 13.9. The second-order valence-electron chi connectivity index (χ2n) is 5.22. The largest absolute Gasteiger partial charge is 0.399 e. The molecule has 0 aliphatic carbocycles. The van der Waals surface area contributed by atoms with E-state index in [1.54, 1.807) is 26.0 Å². The molecule has 0 amide bonds. The third-order valence-electron chi connectivity index (χ3n) is 3.70. The summed E-state index contributed by atoms with van der Waals surface area (Å²) in [6.45, 7) is 3.70. The molecule has 2 heterocycles. The molecule has 1 aromatic heterocycles. The number of hydrogen-bond donors (Lipinski definition) is 1. The number of rotatable bonds is 2. The molecule has 0 atom stereocenters. The Balaban J connectivity index is 2.14. The molecule has 0 radical (unpaired) electrons. The van der Waals surface area contributed by atoms with Crippen molar-refractivity contribution in [3.05, 3.63) is 35.2 Å². The first-order valence-electron chi connectivity index (χ1n) is 6.75. The Morgan fingerprint density at radius 2 is 2.10 bits per heavy atom. The molecule has 0 spiro atoms. The summed E-state index contributed by atoms with van der Waals surface area (Å²) in [6, 6.07) is 5.32. The molecule has 0 bridgehead atoms. The molecule has 1 aliphatic heterocycles. The van der Waals surface area contributed by atoms with Crippen molar-refractivity contribution in [2.24, 2.45) is 0 Å². The molecule has 3 rings (SSSR count). The van der Waals surface area contributed by atoms with Crippen molar-refractivity contribution in [3.63, 3.8) is 0 Å². The molecule has 6 nitrogen and oxygen atoms in total. The summed E-state index contributed by atoms with van der Waals surface area (Å²) in [5, 5.41) is 3.75. The predicted octanol–water partition coefficient (Wildman–Crippen LogP) is 2.02. The molecule has 2 N–H and O–H groups in total. The predicted molar refractivity (Wildman–Crippen MR) is 79.7 cm³/mol. The molecule has 0 fully saturated rings. The highest BCUT2D eigenvalue weighted by Crippen LogP contribution is 2.34. The van der Waals surface area contributed by atoms with Gasteiger partial charge in [-0.15, -0.1) is 0 Å². The van der Waals surface area contributed by atoms with Gasteiger partial charge in [0.1, 0.15) is 5.69 Å². The maximum atomic E-state index is 12.9. The number of aryl methyl sites for hydroxylation is 3. The standard InChI is InChI=1S/C14H17N3O3S/c1-9-14(10(2)20-16-9)21(18,19)17-7-3-4-11-8-12(15)5-6-13(11)17/h5-6,8H,3-4,7,15H2,1-2H3. The third-order valence-corrected chi connectivity index (χ3v) is 5.75. The Labute approximate surface area is 123 Å². The number of aromatic nitrogens is 1. The Hall–Kier alpha value is -2.02. The number of nitrogens with two attached hydrogens (primary N) is 1. The molecule has 7 heteroatoms. The van der Waals surface area contributed by atoms with Gasteiger partial charge in [-0.05, 0) is 50.5 Å². The Morgan fingerprint density at radius 3 is 2.76 bits per heavy atom. The highest BCUT2D eigenvalue weighted by molar-refractivity contribution is 7.93. The highest BCUT2D eigenvalue weighted by atomic mass is 32.2. The zero-order chi connectivity index (χ0) is 15.2. The van der Waals surface area contributed by atoms with E-state index in [0.29, 0.717) is 29.4 Å². The molecular formula is C14H17N3O3S. The van der Waals surface area contributed by atoms with E-state index in [9.17, 15) is 8.42 Å². The van der Waals surface area contributed by atoms with Crippen LogP contribution in [-0.4, -0.2) is 20.1 Å². The van der Waals surface area contributed by atoms with Crippen LogP contribution < -0.4 is 10.0 Å². The minimum atomic E-state index is -3.67. The van der Waals surface area contributed by atoms with E-state index < -0.39 is 10.0 Å². The van der Waals surface area contributed by atoms with Gasteiger partial charge in [0.05, 0.1) is 5.69 Å². The van der Waals surface area contributed by atoms with Crippen LogP contribution in [0.3, 0.4) is 0 Å². The lowest BCUT2D eigenvalue weighted by molar-refractivity contribution is 0.390. The molecule has 2 aromatic rings. The summed E-state index contributed by atoms with van der Waals surface area (Å²) < 4.78 is 32.3. The van der Waals surface area contributed by atoms with Crippen molar-refractivity contribution in [1.29, 1.82) is 0 Å². The van der Waals surface area contributed by atoms with Crippen LogP contribution in [0, 0.1) is 13.8 Å². The molecule has 1 aromatic carbocycles. The fraction of sp³-hybridized carbons (Fsp3) is 0.357. The van der Waals surface area contributed by atoms with Crippen LogP contribution >= 0.6 is 0 Å². The lowest BCUT2D eigenvalue weighted by Gasteiger charge is -2.30. The lowest BCUT2D eigenvalue weighted by Crippen LogP contribution is -2.36. The fourth-order valence-electron chi connectivity index (χ4n) is 2.79. The highest BCUT2D eigenvalue weighted by Gasteiger charge is 2.33. The molecular weight excluding hydrogens is 290 g/mol. The van der Waals surface area contributed by atoms with Gasteiger partial charge in [0, 0.05) is 12.2 Å². The number of benzene rings is 1. The van der Waals surface area contributed by atoms with Gasteiger partial charge in [-0.25, -0.2) is 8.42 Å². The normalized spacial score (nSPS) is 15.0. The van der Waals surface area contributed by atoms with Gasteiger partial charge in [0.15, 0.2) is 10.7 Å². The van der Waals surface area contributed by atoms with Crippen LogP contribution in [0.25, 0.3) is 0 Å². The van der Waals surface area contributed by atoms with Gasteiger partial charge in [-0.1, -0.05) is 5.16 Å². The van der Waals surface area contributed by atoms with E-state index in [1.807, 2.05) is 6.07 Å². The van der Waals surface area contributed by atoms with Crippen molar-refractivity contribution < 1.29 is 12.9 Å². The van der Waals surface area contributed by atoms with Gasteiger partial charge in [-0.2, -0.15) is 0 Å². The van der Waals surface area contributed by atoms with Gasteiger partial charge >= 0.3 is 0 Å². The Bertz CT molecular complexity index is 776. The molecule has 112 valence electrons. The average molecular weight is 307 g/mol. The van der Waals surface area contributed by atoms with Crippen LogP contribution in [0.5, 0.6) is 0 Å². The van der Waals surface area contributed by atoms with Gasteiger partial charge < -0.3 is 10.3 Å². The van der Waals surface area contributed by atoms with Crippen LogP contribution in [0.1, 0.15) is 23.4 Å². The van der Waals surface area contributed by atoms with Crippen LogP contribution in [0.2, 0.25) is 0 Å². The monoisotopic (exact) mass is 307 g/mol. The minimum Gasteiger partial charge on any atom is -0.399 e. The first-order valence-corrected chi connectivity index (χ1v) is 8.19. The molecule has 0 saturated carbocycles. The fourth-order valence-corrected chi connectivity index (χ4v) is 4.62. The van der Waals surface area contributed by atoms with E-state index >= 15 is 0 Å². The first-order chi connectivity index (χ1) is 9.91. The summed E-state index contributed by atoms with van der Waals surface area (Å²) >= 11 is 0. The summed E-state index contributed by atoms with van der Waals surface area (Å²) in [5.74, 6) is 0.315. The Kier molecular flexibility index (Phi) is 3.16. The van der Waals surface area contributed by atoms with Crippen molar-refractivity contribution in [2.75, 3.05) is 16.6 Å². The summed E-state index contributed by atoms with van der Waals surface area (Å²) in [7, 11) is -3.67. The lowest BCUT2D eigenvalue weighted by atomic mass is 10.0. The zero-order valence-electron chi connectivity index (χ0n) is 12.0. The Morgan fingerprint density at radius 1 is 1.33 bits per heavy atom.